The van der Waals surface area contributed by atoms with Crippen LogP contribution in [0.25, 0.3) is 0 Å². The summed E-state index contributed by atoms with van der Waals surface area (Å²) in [5, 5.41) is 2.67. The fourth-order valence-corrected chi connectivity index (χ4v) is 4.77. The second-order valence-corrected chi connectivity index (χ2v) is 9.64. The number of hydrogen-bond donors (Lipinski definition) is 1. The SMILES string of the molecule is CC(C)(C)OC(=O)NCC12CC(CS(=O)(=O)Cl)(CO1)C2. The van der Waals surface area contributed by atoms with Crippen LogP contribution in [0, 0.1) is 5.41 Å². The minimum Gasteiger partial charge on any atom is -0.444 e. The van der Waals surface area contributed by atoms with E-state index in [2.05, 4.69) is 5.32 Å². The Balaban J connectivity index is 1.82. The van der Waals surface area contributed by atoms with Gasteiger partial charge in [-0.2, -0.15) is 0 Å². The van der Waals surface area contributed by atoms with Gasteiger partial charge >= 0.3 is 6.09 Å². The molecule has 2 bridgehead atoms. The second-order valence-electron chi connectivity index (χ2n) is 6.86. The monoisotopic (exact) mass is 325 g/mol. The topological polar surface area (TPSA) is 81.7 Å². The summed E-state index contributed by atoms with van der Waals surface area (Å²) in [6.07, 6.45) is 0.702. The fourth-order valence-electron chi connectivity index (χ4n) is 3.06. The molecule has 1 N–H and O–H groups in total. The molecule has 0 aromatic rings. The van der Waals surface area contributed by atoms with Crippen molar-refractivity contribution in [2.45, 2.75) is 44.8 Å². The van der Waals surface area contributed by atoms with Gasteiger partial charge in [0, 0.05) is 22.6 Å². The highest BCUT2D eigenvalue weighted by atomic mass is 35.7. The van der Waals surface area contributed by atoms with Gasteiger partial charge in [-0.3, -0.25) is 0 Å². The van der Waals surface area contributed by atoms with Crippen LogP contribution < -0.4 is 5.32 Å². The molecular formula is C12H20ClNO5S. The summed E-state index contributed by atoms with van der Waals surface area (Å²) in [5.41, 5.74) is -1.39. The highest BCUT2D eigenvalue weighted by Crippen LogP contribution is 2.58. The standard InChI is InChI=1S/C12H20ClNO5S/c1-10(2,3)19-9(15)14-6-12-4-11(5-12,7-18-12)8-20(13,16)17/h4-8H2,1-3H3,(H,14,15). The van der Waals surface area contributed by atoms with E-state index in [1.807, 2.05) is 0 Å². The van der Waals surface area contributed by atoms with Gasteiger partial charge in [0.1, 0.15) is 5.60 Å². The van der Waals surface area contributed by atoms with Crippen LogP contribution in [-0.4, -0.2) is 44.6 Å². The van der Waals surface area contributed by atoms with Gasteiger partial charge in [0.05, 0.1) is 18.0 Å². The molecule has 0 unspecified atom stereocenters. The highest BCUT2D eigenvalue weighted by Gasteiger charge is 2.63. The van der Waals surface area contributed by atoms with Crippen LogP contribution in [0.3, 0.4) is 0 Å². The number of carbonyl (C=O) groups excluding carboxylic acids is 1. The molecule has 1 amide bonds. The largest absolute Gasteiger partial charge is 0.444 e. The van der Waals surface area contributed by atoms with Crippen LogP contribution in [0.2, 0.25) is 0 Å². The second kappa shape index (κ2) is 4.74. The quantitative estimate of drug-likeness (QED) is 0.794. The lowest BCUT2D eigenvalue weighted by Gasteiger charge is -2.43. The zero-order valence-electron chi connectivity index (χ0n) is 11.9. The summed E-state index contributed by atoms with van der Waals surface area (Å²) in [4.78, 5) is 11.6. The molecule has 6 nitrogen and oxygen atoms in total. The van der Waals surface area contributed by atoms with E-state index in [9.17, 15) is 13.2 Å². The Bertz CT molecular complexity index is 504. The minimum atomic E-state index is -3.53. The molecule has 1 aliphatic carbocycles. The van der Waals surface area contributed by atoms with Crippen LogP contribution in [0.4, 0.5) is 4.79 Å². The number of ether oxygens (including phenoxy) is 2. The minimum absolute atomic E-state index is 0.0737. The molecule has 0 radical (unpaired) electrons. The van der Waals surface area contributed by atoms with Gasteiger partial charge < -0.3 is 14.8 Å². The lowest BCUT2D eigenvalue weighted by molar-refractivity contribution is -0.0138. The zero-order chi connectivity index (χ0) is 15.2. The van der Waals surface area contributed by atoms with Crippen molar-refractivity contribution in [1.82, 2.24) is 5.32 Å². The van der Waals surface area contributed by atoms with E-state index < -0.39 is 26.3 Å². The number of nitrogens with one attached hydrogen (secondary N) is 1. The molecule has 2 aliphatic heterocycles. The number of halogens is 1. The van der Waals surface area contributed by atoms with Gasteiger partial charge in [-0.15, -0.1) is 0 Å². The molecule has 0 atom stereocenters. The maximum Gasteiger partial charge on any atom is 0.407 e. The van der Waals surface area contributed by atoms with Gasteiger partial charge in [0.15, 0.2) is 0 Å². The smallest absolute Gasteiger partial charge is 0.407 e. The van der Waals surface area contributed by atoms with Crippen molar-refractivity contribution in [2.75, 3.05) is 18.9 Å². The predicted octanol–water partition coefficient (Wildman–Crippen LogP) is 1.63. The predicted molar refractivity (Wildman–Crippen MR) is 74.2 cm³/mol. The summed E-state index contributed by atoms with van der Waals surface area (Å²) in [7, 11) is 1.77. The van der Waals surface area contributed by atoms with Crippen LogP contribution in [0.1, 0.15) is 33.6 Å². The van der Waals surface area contributed by atoms with Crippen molar-refractivity contribution < 1.29 is 22.7 Å². The zero-order valence-corrected chi connectivity index (χ0v) is 13.4. The molecule has 0 aromatic carbocycles. The van der Waals surface area contributed by atoms with Crippen LogP contribution in [0.15, 0.2) is 0 Å². The van der Waals surface area contributed by atoms with Crippen molar-refractivity contribution >= 4 is 25.8 Å². The lowest BCUT2D eigenvalue weighted by Crippen LogP contribution is -2.53. The van der Waals surface area contributed by atoms with E-state index in [-0.39, 0.29) is 11.2 Å². The normalized spacial score (nSPS) is 32.6. The van der Waals surface area contributed by atoms with Gasteiger partial charge in [-0.25, -0.2) is 13.2 Å². The van der Waals surface area contributed by atoms with Gasteiger partial charge in [0.25, 0.3) is 0 Å². The van der Waals surface area contributed by atoms with Crippen molar-refractivity contribution in [1.29, 1.82) is 0 Å². The molecule has 1 saturated carbocycles. The van der Waals surface area contributed by atoms with E-state index >= 15 is 0 Å². The summed E-state index contributed by atoms with van der Waals surface area (Å²) in [5.74, 6) is -0.0737. The molecule has 8 heteroatoms. The number of carbonyl (C=O) groups is 1. The van der Waals surface area contributed by atoms with Crippen molar-refractivity contribution in [3.63, 3.8) is 0 Å². The highest BCUT2D eigenvalue weighted by molar-refractivity contribution is 8.13. The molecule has 0 aromatic heterocycles. The van der Waals surface area contributed by atoms with E-state index in [0.29, 0.717) is 26.0 Å². The molecule has 20 heavy (non-hydrogen) atoms. The van der Waals surface area contributed by atoms with Gasteiger partial charge in [0.2, 0.25) is 9.05 Å². The molecule has 2 heterocycles. The van der Waals surface area contributed by atoms with E-state index in [1.165, 1.54) is 0 Å². The van der Waals surface area contributed by atoms with Crippen molar-refractivity contribution in [2.24, 2.45) is 5.41 Å². The van der Waals surface area contributed by atoms with E-state index in [0.717, 1.165) is 0 Å². The molecule has 3 fully saturated rings. The molecule has 0 spiro atoms. The van der Waals surface area contributed by atoms with Crippen molar-refractivity contribution in [3.05, 3.63) is 0 Å². The Morgan fingerprint density at radius 3 is 2.50 bits per heavy atom. The molecule has 3 aliphatic rings. The number of amides is 1. The fraction of sp³-hybridized carbons (Fsp3) is 0.917. The Labute approximate surface area is 123 Å². The maximum absolute atomic E-state index is 11.6. The lowest BCUT2D eigenvalue weighted by atomic mass is 9.63. The third kappa shape index (κ3) is 3.77. The summed E-state index contributed by atoms with van der Waals surface area (Å²) < 4.78 is 33.1. The third-order valence-electron chi connectivity index (χ3n) is 3.51. The van der Waals surface area contributed by atoms with Gasteiger partial charge in [-0.05, 0) is 33.6 Å². The molecular weight excluding hydrogens is 306 g/mol. The average molecular weight is 326 g/mol. The molecule has 116 valence electrons. The first-order chi connectivity index (χ1) is 8.93. The van der Waals surface area contributed by atoms with E-state index in [4.69, 9.17) is 20.2 Å². The van der Waals surface area contributed by atoms with Crippen LogP contribution in [0.5, 0.6) is 0 Å². The molecule has 3 rings (SSSR count). The first-order valence-corrected chi connectivity index (χ1v) is 8.94. The molecule has 2 saturated heterocycles. The summed E-state index contributed by atoms with van der Waals surface area (Å²) in [6.45, 7) is 6.06. The first-order valence-electron chi connectivity index (χ1n) is 6.46. The Kier molecular flexibility index (Phi) is 3.76. The van der Waals surface area contributed by atoms with E-state index in [1.54, 1.807) is 20.8 Å². The van der Waals surface area contributed by atoms with Crippen LogP contribution in [-0.2, 0) is 18.5 Å². The number of rotatable bonds is 4. The van der Waals surface area contributed by atoms with Gasteiger partial charge in [-0.1, -0.05) is 0 Å². The Morgan fingerprint density at radius 1 is 1.40 bits per heavy atom. The summed E-state index contributed by atoms with van der Waals surface area (Å²) in [6, 6.07) is 0. The first kappa shape index (κ1) is 15.9. The average Bonchev–Trinajstić information content (AvgIpc) is 2.64. The van der Waals surface area contributed by atoms with Crippen molar-refractivity contribution in [3.8, 4) is 0 Å². The number of alkyl carbamates (subject to hydrolysis) is 1. The number of hydrogen-bond acceptors (Lipinski definition) is 5. The Morgan fingerprint density at radius 2 is 2.00 bits per heavy atom. The third-order valence-corrected chi connectivity index (χ3v) is 4.80. The maximum atomic E-state index is 11.6. The number of fused-ring (bicyclic) bond motifs is 1. The summed E-state index contributed by atoms with van der Waals surface area (Å²) >= 11 is 0. The Hall–Kier alpha value is -0.530. The van der Waals surface area contributed by atoms with Crippen LogP contribution >= 0.6 is 10.7 Å².